The van der Waals surface area contributed by atoms with E-state index in [-0.39, 0.29) is 35.1 Å². The molecule has 0 bridgehead atoms. The normalized spacial score (nSPS) is 15.4. The number of hydrogen-bond acceptors (Lipinski definition) is 10. The number of nitrogens with two attached hydrogens (primary N) is 1. The van der Waals surface area contributed by atoms with Crippen molar-refractivity contribution in [3.63, 3.8) is 0 Å². The van der Waals surface area contributed by atoms with Crippen molar-refractivity contribution in [2.75, 3.05) is 12.4 Å². The number of pyridine rings is 1. The van der Waals surface area contributed by atoms with Gasteiger partial charge in [-0.2, -0.15) is 10.5 Å². The zero-order valence-electron chi connectivity index (χ0n) is 18.0. The second-order valence-electron chi connectivity index (χ2n) is 6.92. The van der Waals surface area contributed by atoms with E-state index in [2.05, 4.69) is 17.1 Å². The van der Waals surface area contributed by atoms with E-state index in [9.17, 15) is 15.3 Å². The van der Waals surface area contributed by atoms with Gasteiger partial charge in [-0.15, -0.1) is 22.7 Å². The molecule has 170 valence electrons. The number of hydrogen-bond donors (Lipinski definition) is 1. The molecule has 0 aromatic carbocycles. The second-order valence-corrected chi connectivity index (χ2v) is 9.82. The zero-order chi connectivity index (χ0) is 24.1. The van der Waals surface area contributed by atoms with E-state index in [0.717, 1.165) is 15.4 Å². The maximum absolute atomic E-state index is 13.0. The molecule has 1 atom stereocenters. The lowest BCUT2D eigenvalue weighted by Gasteiger charge is -2.27. The largest absolute Gasteiger partial charge is 0.463 e. The van der Waals surface area contributed by atoms with Crippen molar-refractivity contribution in [1.82, 2.24) is 4.98 Å². The van der Waals surface area contributed by atoms with E-state index in [1.54, 1.807) is 24.3 Å². The van der Waals surface area contributed by atoms with Gasteiger partial charge < -0.3 is 15.2 Å². The average molecular weight is 507 g/mol. The number of carbonyl (C=O) groups excluding carboxylic acids is 1. The van der Waals surface area contributed by atoms with Gasteiger partial charge in [-0.1, -0.05) is 23.9 Å². The molecule has 3 aromatic heterocycles. The molecule has 1 unspecified atom stereocenters. The number of ether oxygens (including phenoxy) is 2. The highest BCUT2D eigenvalue weighted by Crippen LogP contribution is 2.42. The van der Waals surface area contributed by atoms with Gasteiger partial charge in [0, 0.05) is 4.88 Å². The summed E-state index contributed by atoms with van der Waals surface area (Å²) >= 11 is 4.23. The summed E-state index contributed by atoms with van der Waals surface area (Å²) in [7, 11) is 0. The number of nitriles is 2. The van der Waals surface area contributed by atoms with E-state index in [1.807, 2.05) is 41.1 Å². The summed E-state index contributed by atoms with van der Waals surface area (Å²) < 4.78 is 11.1. The Morgan fingerprint density at radius 3 is 2.65 bits per heavy atom. The molecule has 10 heteroatoms. The number of nitrogens with zero attached hydrogens (tertiary/aromatic N) is 3. The van der Waals surface area contributed by atoms with Gasteiger partial charge in [0.1, 0.15) is 28.5 Å². The third kappa shape index (κ3) is 4.70. The molecule has 0 amide bonds. The van der Waals surface area contributed by atoms with Gasteiger partial charge in [0.2, 0.25) is 5.88 Å². The summed E-state index contributed by atoms with van der Waals surface area (Å²) in [5.74, 6) is -0.854. The zero-order valence-corrected chi connectivity index (χ0v) is 20.4. The van der Waals surface area contributed by atoms with Crippen molar-refractivity contribution in [1.29, 1.82) is 10.5 Å². The minimum Gasteiger partial charge on any atom is -0.463 e. The van der Waals surface area contributed by atoms with Gasteiger partial charge in [-0.05, 0) is 41.9 Å². The van der Waals surface area contributed by atoms with Crippen LogP contribution in [0.4, 0.5) is 0 Å². The first kappa shape index (κ1) is 23.6. The molecule has 34 heavy (non-hydrogen) atoms. The molecule has 4 rings (SSSR count). The van der Waals surface area contributed by atoms with Crippen LogP contribution in [-0.2, 0) is 14.3 Å². The molecule has 1 aliphatic heterocycles. The van der Waals surface area contributed by atoms with Gasteiger partial charge in [-0.25, -0.2) is 9.78 Å². The second kappa shape index (κ2) is 10.6. The molecule has 0 saturated heterocycles. The Morgan fingerprint density at radius 1 is 1.21 bits per heavy atom. The summed E-state index contributed by atoms with van der Waals surface area (Å²) in [6.07, 6.45) is 0. The standard InChI is InChI=1S/C24H18N4O3S3/c1-2-30-24(29)21-17(31-22(27)15(12-26)20(21)19-6-4-10-33-19)13-34-23-14(11-25)7-8-16(28-23)18-5-3-9-32-18/h3-10,20H,2,13,27H2,1H3. The molecular formula is C24H18N4O3S3. The Hall–Kier alpha value is -3.57. The lowest BCUT2D eigenvalue weighted by atomic mass is 9.87. The highest BCUT2D eigenvalue weighted by molar-refractivity contribution is 7.99. The Bertz CT molecular complexity index is 1350. The van der Waals surface area contributed by atoms with Crippen molar-refractivity contribution in [3.8, 4) is 22.7 Å². The van der Waals surface area contributed by atoms with Gasteiger partial charge >= 0.3 is 5.97 Å². The van der Waals surface area contributed by atoms with E-state index in [0.29, 0.717) is 10.6 Å². The van der Waals surface area contributed by atoms with Crippen molar-refractivity contribution in [2.24, 2.45) is 5.73 Å². The van der Waals surface area contributed by atoms with Crippen LogP contribution >= 0.6 is 34.4 Å². The lowest BCUT2D eigenvalue weighted by molar-refractivity contribution is -0.139. The summed E-state index contributed by atoms with van der Waals surface area (Å²) in [5.41, 5.74) is 7.66. The molecule has 0 fully saturated rings. The fourth-order valence-electron chi connectivity index (χ4n) is 3.43. The predicted octanol–water partition coefficient (Wildman–Crippen LogP) is 5.16. The number of allylic oxidation sites excluding steroid dienone is 1. The highest BCUT2D eigenvalue weighted by Gasteiger charge is 2.38. The lowest BCUT2D eigenvalue weighted by Crippen LogP contribution is -2.26. The van der Waals surface area contributed by atoms with Gasteiger partial charge in [-0.3, -0.25) is 0 Å². The molecule has 0 radical (unpaired) electrons. The number of carbonyl (C=O) groups is 1. The summed E-state index contributed by atoms with van der Waals surface area (Å²) in [4.78, 5) is 19.4. The molecule has 3 aromatic rings. The molecule has 0 saturated carbocycles. The molecule has 4 heterocycles. The summed E-state index contributed by atoms with van der Waals surface area (Å²) in [6.45, 7) is 1.88. The van der Waals surface area contributed by atoms with Crippen LogP contribution < -0.4 is 5.73 Å². The van der Waals surface area contributed by atoms with E-state index < -0.39 is 11.9 Å². The smallest absolute Gasteiger partial charge is 0.338 e. The van der Waals surface area contributed by atoms with E-state index in [4.69, 9.17) is 15.2 Å². The first-order valence-electron chi connectivity index (χ1n) is 10.2. The van der Waals surface area contributed by atoms with Crippen LogP contribution in [0, 0.1) is 22.7 Å². The van der Waals surface area contributed by atoms with Crippen LogP contribution in [0.1, 0.15) is 23.3 Å². The van der Waals surface area contributed by atoms with Crippen LogP contribution in [0.15, 0.2) is 75.0 Å². The van der Waals surface area contributed by atoms with E-state index in [1.165, 1.54) is 23.1 Å². The molecule has 0 spiro atoms. The monoisotopic (exact) mass is 506 g/mol. The summed E-state index contributed by atoms with van der Waals surface area (Å²) in [6, 6.07) is 15.4. The van der Waals surface area contributed by atoms with Crippen molar-refractivity contribution in [3.05, 3.63) is 80.4 Å². The maximum atomic E-state index is 13.0. The molecule has 7 nitrogen and oxygen atoms in total. The first-order chi connectivity index (χ1) is 16.6. The number of thiophene rings is 2. The first-order valence-corrected chi connectivity index (χ1v) is 12.9. The van der Waals surface area contributed by atoms with Crippen LogP contribution in [-0.4, -0.2) is 23.3 Å². The molecule has 1 aliphatic rings. The highest BCUT2D eigenvalue weighted by atomic mass is 32.2. The molecule has 2 N–H and O–H groups in total. The fraction of sp³-hybridized carbons (Fsp3) is 0.167. The van der Waals surface area contributed by atoms with Crippen LogP contribution in [0.2, 0.25) is 0 Å². The van der Waals surface area contributed by atoms with Crippen molar-refractivity contribution in [2.45, 2.75) is 17.9 Å². The van der Waals surface area contributed by atoms with Gasteiger partial charge in [0.15, 0.2) is 0 Å². The Kier molecular flexibility index (Phi) is 7.33. The predicted molar refractivity (Wildman–Crippen MR) is 132 cm³/mol. The van der Waals surface area contributed by atoms with E-state index >= 15 is 0 Å². The summed E-state index contributed by atoms with van der Waals surface area (Å²) in [5, 5.41) is 23.7. The Labute approximate surface area is 208 Å². The van der Waals surface area contributed by atoms with Crippen molar-refractivity contribution < 1.29 is 14.3 Å². The van der Waals surface area contributed by atoms with Gasteiger partial charge in [0.05, 0.1) is 40.0 Å². The topological polar surface area (TPSA) is 122 Å². The maximum Gasteiger partial charge on any atom is 0.338 e. The molecule has 0 aliphatic carbocycles. The van der Waals surface area contributed by atoms with Crippen LogP contribution in [0.25, 0.3) is 10.6 Å². The van der Waals surface area contributed by atoms with Crippen LogP contribution in [0.3, 0.4) is 0 Å². The number of rotatable bonds is 7. The Balaban J connectivity index is 1.74. The average Bonchev–Trinajstić information content (AvgIpc) is 3.57. The SMILES string of the molecule is CCOC(=O)C1=C(CSc2nc(-c3cccs3)ccc2C#N)OC(N)=C(C#N)C1c1cccs1. The minimum absolute atomic E-state index is 0.0506. The molecular weight excluding hydrogens is 488 g/mol. The minimum atomic E-state index is -0.686. The van der Waals surface area contributed by atoms with Crippen molar-refractivity contribution >= 4 is 40.4 Å². The number of aromatic nitrogens is 1. The third-order valence-corrected chi connectivity index (χ3v) is 7.73. The third-order valence-electron chi connectivity index (χ3n) is 4.91. The Morgan fingerprint density at radius 2 is 2.00 bits per heavy atom. The fourth-order valence-corrected chi connectivity index (χ4v) is 5.88. The van der Waals surface area contributed by atoms with Gasteiger partial charge in [0.25, 0.3) is 0 Å². The quantitative estimate of drug-likeness (QED) is 0.344. The van der Waals surface area contributed by atoms with Crippen LogP contribution in [0.5, 0.6) is 0 Å². The number of thioether (sulfide) groups is 1. The number of esters is 1.